The first-order chi connectivity index (χ1) is 5.77. The van der Waals surface area contributed by atoms with Gasteiger partial charge in [-0.1, -0.05) is 0 Å². The normalized spacial score (nSPS) is 9.50. The molecule has 0 bridgehead atoms. The zero-order valence-electron chi connectivity index (χ0n) is 7.20. The molecule has 1 rings (SSSR count). The van der Waals surface area contributed by atoms with Gasteiger partial charge in [-0.3, -0.25) is 0 Å². The quantitative estimate of drug-likeness (QED) is 0.733. The van der Waals surface area contributed by atoms with E-state index in [1.807, 2.05) is 6.92 Å². The van der Waals surface area contributed by atoms with Gasteiger partial charge in [0.25, 0.3) is 5.88 Å². The molecule has 0 radical (unpaired) electrons. The fourth-order valence-electron chi connectivity index (χ4n) is 0.859. The summed E-state index contributed by atoms with van der Waals surface area (Å²) in [6.07, 6.45) is 1.53. The van der Waals surface area contributed by atoms with Gasteiger partial charge in [-0.05, 0) is 6.92 Å². The monoisotopic (exact) mass is 168 g/mol. The number of pyridine rings is 1. The van der Waals surface area contributed by atoms with Crippen molar-refractivity contribution in [2.75, 3.05) is 19.5 Å². The van der Waals surface area contributed by atoms with Gasteiger partial charge in [0.1, 0.15) is 0 Å². The van der Waals surface area contributed by atoms with E-state index < -0.39 is 0 Å². The lowest BCUT2D eigenvalue weighted by molar-refractivity contribution is 0.304. The molecule has 0 saturated carbocycles. The van der Waals surface area contributed by atoms with E-state index in [1.165, 1.54) is 6.20 Å². The fraction of sp³-hybridized carbons (Fsp3) is 0.375. The van der Waals surface area contributed by atoms with Gasteiger partial charge in [-0.25, -0.2) is 4.98 Å². The van der Waals surface area contributed by atoms with Crippen molar-refractivity contribution in [3.05, 3.63) is 12.3 Å². The molecule has 0 aromatic carbocycles. The summed E-state index contributed by atoms with van der Waals surface area (Å²) < 4.78 is 10.2. The van der Waals surface area contributed by atoms with Crippen LogP contribution >= 0.6 is 0 Å². The molecule has 0 aliphatic heterocycles. The van der Waals surface area contributed by atoms with Crippen LogP contribution in [0.1, 0.15) is 6.92 Å². The second-order valence-electron chi connectivity index (χ2n) is 2.21. The van der Waals surface area contributed by atoms with Crippen molar-refractivity contribution in [1.82, 2.24) is 4.98 Å². The predicted octanol–water partition coefficient (Wildman–Crippen LogP) is 1.07. The molecule has 0 aliphatic carbocycles. The first-order valence-electron chi connectivity index (χ1n) is 3.70. The van der Waals surface area contributed by atoms with Crippen LogP contribution in [0, 0.1) is 0 Å². The molecule has 0 saturated heterocycles. The lowest BCUT2D eigenvalue weighted by atomic mass is 10.4. The number of nitrogens with two attached hydrogens (primary N) is 1. The minimum atomic E-state index is 0.464. The van der Waals surface area contributed by atoms with E-state index in [0.717, 1.165) is 0 Å². The van der Waals surface area contributed by atoms with Gasteiger partial charge in [-0.15, -0.1) is 0 Å². The van der Waals surface area contributed by atoms with Crippen molar-refractivity contribution in [2.24, 2.45) is 0 Å². The largest absolute Gasteiger partial charge is 0.488 e. The number of hydrogen-bond donors (Lipinski definition) is 1. The molecule has 1 aromatic rings. The van der Waals surface area contributed by atoms with Crippen LogP contribution < -0.4 is 15.2 Å². The van der Waals surface area contributed by atoms with Crippen molar-refractivity contribution in [3.63, 3.8) is 0 Å². The molecule has 0 spiro atoms. The van der Waals surface area contributed by atoms with Crippen molar-refractivity contribution >= 4 is 5.69 Å². The third-order valence-electron chi connectivity index (χ3n) is 1.33. The number of nitrogen functional groups attached to an aromatic ring is 1. The first kappa shape index (κ1) is 8.64. The van der Waals surface area contributed by atoms with E-state index in [-0.39, 0.29) is 0 Å². The summed E-state index contributed by atoms with van der Waals surface area (Å²) in [6.45, 7) is 2.46. The Morgan fingerprint density at radius 1 is 1.58 bits per heavy atom. The van der Waals surface area contributed by atoms with Crippen LogP contribution in [0.3, 0.4) is 0 Å². The third kappa shape index (κ3) is 1.78. The molecule has 1 aromatic heterocycles. The van der Waals surface area contributed by atoms with Gasteiger partial charge < -0.3 is 15.2 Å². The zero-order chi connectivity index (χ0) is 8.97. The number of methoxy groups -OCH3 is 1. The fourth-order valence-corrected chi connectivity index (χ4v) is 0.859. The van der Waals surface area contributed by atoms with Crippen LogP contribution in [0.15, 0.2) is 12.3 Å². The van der Waals surface area contributed by atoms with Gasteiger partial charge >= 0.3 is 0 Å². The molecule has 66 valence electrons. The molecule has 0 fully saturated rings. The summed E-state index contributed by atoms with van der Waals surface area (Å²) in [7, 11) is 1.54. The summed E-state index contributed by atoms with van der Waals surface area (Å²) in [5.74, 6) is 1.05. The highest BCUT2D eigenvalue weighted by molar-refractivity contribution is 5.46. The van der Waals surface area contributed by atoms with Crippen LogP contribution in [-0.2, 0) is 0 Å². The molecule has 4 nitrogen and oxygen atoms in total. The van der Waals surface area contributed by atoms with Gasteiger partial charge in [0.2, 0.25) is 0 Å². The van der Waals surface area contributed by atoms with Gasteiger partial charge in [0, 0.05) is 6.07 Å². The van der Waals surface area contributed by atoms with E-state index in [4.69, 9.17) is 15.2 Å². The van der Waals surface area contributed by atoms with E-state index in [1.54, 1.807) is 13.2 Å². The molecule has 1 heterocycles. The Morgan fingerprint density at radius 2 is 2.33 bits per heavy atom. The Hall–Kier alpha value is -1.45. The summed E-state index contributed by atoms with van der Waals surface area (Å²) in [6, 6.07) is 1.69. The first-order valence-corrected chi connectivity index (χ1v) is 3.70. The van der Waals surface area contributed by atoms with E-state index in [2.05, 4.69) is 4.98 Å². The van der Waals surface area contributed by atoms with Gasteiger partial charge in [0.05, 0.1) is 25.6 Å². The average Bonchev–Trinajstić information content (AvgIpc) is 2.05. The maximum atomic E-state index is 5.51. The Balaban J connectivity index is 2.95. The SMILES string of the molecule is CCOc1cc(N)cnc1OC. The predicted molar refractivity (Wildman–Crippen MR) is 46.4 cm³/mol. The van der Waals surface area contributed by atoms with Crippen LogP contribution in [0.2, 0.25) is 0 Å². The molecule has 4 heteroatoms. The second-order valence-corrected chi connectivity index (χ2v) is 2.21. The number of anilines is 1. The topological polar surface area (TPSA) is 57.4 Å². The molecular weight excluding hydrogens is 156 g/mol. The summed E-state index contributed by atoms with van der Waals surface area (Å²) in [4.78, 5) is 3.94. The third-order valence-corrected chi connectivity index (χ3v) is 1.33. The Bertz CT molecular complexity index is 263. The molecule has 0 aliphatic rings. The van der Waals surface area contributed by atoms with Crippen LogP contribution in [0.25, 0.3) is 0 Å². The van der Waals surface area contributed by atoms with Crippen LogP contribution in [-0.4, -0.2) is 18.7 Å². The smallest absolute Gasteiger partial charge is 0.256 e. The minimum absolute atomic E-state index is 0.464. The maximum absolute atomic E-state index is 5.51. The highest BCUT2D eigenvalue weighted by Crippen LogP contribution is 2.25. The average molecular weight is 168 g/mol. The van der Waals surface area contributed by atoms with Gasteiger partial charge in [-0.2, -0.15) is 0 Å². The number of aromatic nitrogens is 1. The molecule has 12 heavy (non-hydrogen) atoms. The lowest BCUT2D eigenvalue weighted by Crippen LogP contribution is -1.98. The summed E-state index contributed by atoms with van der Waals surface area (Å²) in [5.41, 5.74) is 6.08. The Labute approximate surface area is 71.3 Å². The van der Waals surface area contributed by atoms with E-state index >= 15 is 0 Å². The number of hydrogen-bond acceptors (Lipinski definition) is 4. The van der Waals surface area contributed by atoms with E-state index in [0.29, 0.717) is 23.9 Å². The molecule has 0 amide bonds. The van der Waals surface area contributed by atoms with Crippen molar-refractivity contribution < 1.29 is 9.47 Å². The Kier molecular flexibility index (Phi) is 2.74. The molecule has 0 unspecified atom stereocenters. The number of rotatable bonds is 3. The Morgan fingerprint density at radius 3 is 2.92 bits per heavy atom. The standard InChI is InChI=1S/C8H12N2O2/c1-3-12-7-4-6(9)5-10-8(7)11-2/h4-5H,3,9H2,1-2H3. The lowest BCUT2D eigenvalue weighted by Gasteiger charge is -2.07. The highest BCUT2D eigenvalue weighted by atomic mass is 16.5. The zero-order valence-corrected chi connectivity index (χ0v) is 7.20. The van der Waals surface area contributed by atoms with Crippen molar-refractivity contribution in [1.29, 1.82) is 0 Å². The highest BCUT2D eigenvalue weighted by Gasteiger charge is 2.04. The summed E-state index contributed by atoms with van der Waals surface area (Å²) >= 11 is 0. The van der Waals surface area contributed by atoms with Crippen LogP contribution in [0.4, 0.5) is 5.69 Å². The van der Waals surface area contributed by atoms with Crippen molar-refractivity contribution in [3.8, 4) is 11.6 Å². The van der Waals surface area contributed by atoms with Crippen LogP contribution in [0.5, 0.6) is 11.6 Å². The van der Waals surface area contributed by atoms with E-state index in [9.17, 15) is 0 Å². The maximum Gasteiger partial charge on any atom is 0.256 e. The van der Waals surface area contributed by atoms with Crippen molar-refractivity contribution in [2.45, 2.75) is 6.92 Å². The molecule has 2 N–H and O–H groups in total. The minimum Gasteiger partial charge on any atom is -0.488 e. The van der Waals surface area contributed by atoms with Gasteiger partial charge in [0.15, 0.2) is 5.75 Å². The molecule has 0 atom stereocenters. The number of ether oxygens (including phenoxy) is 2. The molecular formula is C8H12N2O2. The second kappa shape index (κ2) is 3.80. The number of nitrogens with zero attached hydrogens (tertiary/aromatic N) is 1. The summed E-state index contributed by atoms with van der Waals surface area (Å²) in [5, 5.41) is 0.